The maximum Gasteiger partial charge on any atom is 0.320 e. The summed E-state index contributed by atoms with van der Waals surface area (Å²) in [5, 5.41) is 17.2. The van der Waals surface area contributed by atoms with Gasteiger partial charge in [0.2, 0.25) is 0 Å². The topological polar surface area (TPSA) is 152 Å². The van der Waals surface area contributed by atoms with Crippen LogP contribution in [0.2, 0.25) is 0 Å². The zero-order chi connectivity index (χ0) is 15.8. The van der Waals surface area contributed by atoms with Crippen LogP contribution >= 0.6 is 0 Å². The second kappa shape index (κ2) is 7.75. The highest BCUT2D eigenvalue weighted by atomic mass is 16.4. The first kappa shape index (κ1) is 16.3. The van der Waals surface area contributed by atoms with Crippen molar-refractivity contribution < 1.29 is 19.8 Å². The average Bonchev–Trinajstić information content (AvgIpc) is 2.46. The van der Waals surface area contributed by atoms with Gasteiger partial charge in [-0.25, -0.2) is 9.97 Å². The molecule has 2 aromatic rings. The lowest BCUT2D eigenvalue weighted by Crippen LogP contribution is -2.30. The fraction of sp³-hybridized carbons (Fsp3) is 0.231. The number of anilines is 1. The van der Waals surface area contributed by atoms with Crippen molar-refractivity contribution in [3.63, 3.8) is 0 Å². The van der Waals surface area contributed by atoms with Gasteiger partial charge in [-0.2, -0.15) is 0 Å². The Morgan fingerprint density at radius 3 is 2.43 bits per heavy atom. The number of carboxylic acid groups (broad SMARTS) is 2. The van der Waals surface area contributed by atoms with E-state index in [0.717, 1.165) is 10.9 Å². The van der Waals surface area contributed by atoms with E-state index in [1.807, 2.05) is 24.3 Å². The van der Waals surface area contributed by atoms with Gasteiger partial charge in [-0.15, -0.1) is 0 Å². The Labute approximate surface area is 120 Å². The Morgan fingerprint density at radius 2 is 1.86 bits per heavy atom. The standard InChI is InChI=1S/C8H7N3.C5H9NO4/c9-8-6-3-1-2-4-7(6)10-5-11-8;6-3(5(9)10)1-2-4(7)8/h1-5H,(H2,9,10,11);3H,1-2,6H2,(H,7,8)(H,9,10)/t;3-/m.0/s1. The lowest BCUT2D eigenvalue weighted by atomic mass is 10.2. The minimum absolute atomic E-state index is 0.0231. The summed E-state index contributed by atoms with van der Waals surface area (Å²) in [6, 6.07) is 6.60. The molecule has 0 radical (unpaired) electrons. The van der Waals surface area contributed by atoms with Crippen LogP contribution in [0.4, 0.5) is 5.82 Å². The number of fused-ring (bicyclic) bond motifs is 1. The fourth-order valence-corrected chi connectivity index (χ4v) is 1.43. The number of para-hydroxylation sites is 1. The highest BCUT2D eigenvalue weighted by molar-refractivity contribution is 5.87. The van der Waals surface area contributed by atoms with E-state index >= 15 is 0 Å². The molecule has 1 aromatic heterocycles. The SMILES string of the molecule is N[C@@H](CCC(=O)O)C(=O)O.Nc1ncnc2ccccc12. The Morgan fingerprint density at radius 1 is 1.19 bits per heavy atom. The molecule has 1 atom stereocenters. The van der Waals surface area contributed by atoms with Gasteiger partial charge in [-0.1, -0.05) is 12.1 Å². The summed E-state index contributed by atoms with van der Waals surface area (Å²) < 4.78 is 0. The maximum atomic E-state index is 9.99. The van der Waals surface area contributed by atoms with E-state index in [4.69, 9.17) is 21.7 Å². The lowest BCUT2D eigenvalue weighted by molar-refractivity contribution is -0.139. The molecule has 0 bridgehead atoms. The third-order valence-corrected chi connectivity index (χ3v) is 2.56. The number of aromatic nitrogens is 2. The van der Waals surface area contributed by atoms with Gasteiger partial charge in [-0.3, -0.25) is 9.59 Å². The van der Waals surface area contributed by atoms with Crippen LogP contribution in [0.25, 0.3) is 10.9 Å². The molecule has 2 rings (SSSR count). The predicted molar refractivity (Wildman–Crippen MR) is 76.4 cm³/mol. The van der Waals surface area contributed by atoms with E-state index in [1.54, 1.807) is 0 Å². The van der Waals surface area contributed by atoms with Crippen LogP contribution in [0.1, 0.15) is 12.8 Å². The zero-order valence-electron chi connectivity index (χ0n) is 11.1. The van der Waals surface area contributed by atoms with Crippen LogP contribution in [-0.2, 0) is 9.59 Å². The first-order valence-electron chi connectivity index (χ1n) is 6.07. The predicted octanol–water partition coefficient (Wildman–Crippen LogP) is 0.475. The van der Waals surface area contributed by atoms with E-state index < -0.39 is 18.0 Å². The average molecular weight is 292 g/mol. The second-order valence-corrected chi connectivity index (χ2v) is 4.15. The molecule has 6 N–H and O–H groups in total. The zero-order valence-corrected chi connectivity index (χ0v) is 11.1. The van der Waals surface area contributed by atoms with Crippen molar-refractivity contribution in [1.29, 1.82) is 0 Å². The van der Waals surface area contributed by atoms with Gasteiger partial charge in [0, 0.05) is 11.8 Å². The number of hydrogen-bond acceptors (Lipinski definition) is 6. The minimum Gasteiger partial charge on any atom is -0.481 e. The van der Waals surface area contributed by atoms with Crippen LogP contribution < -0.4 is 11.5 Å². The van der Waals surface area contributed by atoms with Crippen LogP contribution in [-0.4, -0.2) is 38.2 Å². The molecular weight excluding hydrogens is 276 g/mol. The number of rotatable bonds is 4. The summed E-state index contributed by atoms with van der Waals surface area (Å²) in [7, 11) is 0. The number of hydrogen-bond donors (Lipinski definition) is 4. The molecule has 0 unspecified atom stereocenters. The molecule has 1 aromatic carbocycles. The lowest BCUT2D eigenvalue weighted by Gasteiger charge is -2.01. The summed E-state index contributed by atoms with van der Waals surface area (Å²) in [5.74, 6) is -1.66. The summed E-state index contributed by atoms with van der Waals surface area (Å²) in [5.41, 5.74) is 11.5. The Bertz CT molecular complexity index is 627. The number of nitrogens with two attached hydrogens (primary N) is 2. The second-order valence-electron chi connectivity index (χ2n) is 4.15. The third kappa shape index (κ3) is 5.41. The number of carbonyl (C=O) groups is 2. The van der Waals surface area contributed by atoms with Crippen molar-refractivity contribution >= 4 is 28.7 Å². The summed E-state index contributed by atoms with van der Waals surface area (Å²) >= 11 is 0. The number of aliphatic carboxylic acids is 2. The molecule has 0 aliphatic carbocycles. The maximum absolute atomic E-state index is 9.99. The first-order valence-corrected chi connectivity index (χ1v) is 6.07. The molecule has 0 spiro atoms. The van der Waals surface area contributed by atoms with Gasteiger partial charge in [0.15, 0.2) is 0 Å². The Kier molecular flexibility index (Phi) is 6.02. The van der Waals surface area contributed by atoms with Crippen LogP contribution in [0, 0.1) is 0 Å². The largest absolute Gasteiger partial charge is 0.481 e. The molecule has 1 heterocycles. The monoisotopic (exact) mass is 292 g/mol. The Balaban J connectivity index is 0.000000212. The molecular formula is C13H16N4O4. The van der Waals surface area contributed by atoms with E-state index in [-0.39, 0.29) is 12.8 Å². The van der Waals surface area contributed by atoms with Crippen molar-refractivity contribution in [3.05, 3.63) is 30.6 Å². The number of benzene rings is 1. The van der Waals surface area contributed by atoms with E-state index in [0.29, 0.717) is 5.82 Å². The number of nitrogen functional groups attached to an aromatic ring is 1. The molecule has 112 valence electrons. The fourth-order valence-electron chi connectivity index (χ4n) is 1.43. The first-order chi connectivity index (χ1) is 9.91. The van der Waals surface area contributed by atoms with Crippen molar-refractivity contribution in [2.24, 2.45) is 5.73 Å². The number of nitrogens with zero attached hydrogens (tertiary/aromatic N) is 2. The van der Waals surface area contributed by atoms with E-state index in [1.165, 1.54) is 6.33 Å². The summed E-state index contributed by atoms with van der Waals surface area (Å²) in [6.07, 6.45) is 1.25. The van der Waals surface area contributed by atoms with E-state index in [9.17, 15) is 9.59 Å². The van der Waals surface area contributed by atoms with Crippen LogP contribution in [0.15, 0.2) is 30.6 Å². The highest BCUT2D eigenvalue weighted by Gasteiger charge is 2.12. The molecule has 8 nitrogen and oxygen atoms in total. The summed E-state index contributed by atoms with van der Waals surface area (Å²) in [6.45, 7) is 0. The third-order valence-electron chi connectivity index (χ3n) is 2.56. The molecule has 0 amide bonds. The quantitative estimate of drug-likeness (QED) is 0.634. The Hall–Kier alpha value is -2.74. The molecule has 0 aliphatic rings. The van der Waals surface area contributed by atoms with Crippen LogP contribution in [0.5, 0.6) is 0 Å². The van der Waals surface area contributed by atoms with Gasteiger partial charge >= 0.3 is 11.9 Å². The summed E-state index contributed by atoms with van der Waals surface area (Å²) in [4.78, 5) is 27.8. The minimum atomic E-state index is -1.17. The van der Waals surface area contributed by atoms with Gasteiger partial charge in [0.25, 0.3) is 0 Å². The molecule has 0 saturated carbocycles. The molecule has 21 heavy (non-hydrogen) atoms. The van der Waals surface area contributed by atoms with Crippen molar-refractivity contribution in [3.8, 4) is 0 Å². The van der Waals surface area contributed by atoms with Crippen molar-refractivity contribution in [2.75, 3.05) is 5.73 Å². The molecule has 0 saturated heterocycles. The number of carboxylic acids is 2. The van der Waals surface area contributed by atoms with Crippen LogP contribution in [0.3, 0.4) is 0 Å². The normalized spacial score (nSPS) is 11.3. The van der Waals surface area contributed by atoms with E-state index in [2.05, 4.69) is 9.97 Å². The van der Waals surface area contributed by atoms with Gasteiger partial charge in [0.1, 0.15) is 18.2 Å². The molecule has 0 aliphatic heterocycles. The van der Waals surface area contributed by atoms with Gasteiger partial charge in [0.05, 0.1) is 5.52 Å². The van der Waals surface area contributed by atoms with Gasteiger partial charge < -0.3 is 21.7 Å². The van der Waals surface area contributed by atoms with Crippen molar-refractivity contribution in [1.82, 2.24) is 9.97 Å². The smallest absolute Gasteiger partial charge is 0.320 e. The van der Waals surface area contributed by atoms with Crippen molar-refractivity contribution in [2.45, 2.75) is 18.9 Å². The molecule has 0 fully saturated rings. The van der Waals surface area contributed by atoms with Gasteiger partial charge in [-0.05, 0) is 18.6 Å². The highest BCUT2D eigenvalue weighted by Crippen LogP contribution is 2.14. The molecule has 8 heteroatoms.